The molecular weight excluding hydrogens is 212 g/mol. The molecule has 3 nitrogen and oxygen atoms in total. The van der Waals surface area contributed by atoms with Crippen molar-refractivity contribution in [3.63, 3.8) is 0 Å². The summed E-state index contributed by atoms with van der Waals surface area (Å²) in [5.41, 5.74) is 0. The van der Waals surface area contributed by atoms with Crippen LogP contribution in [-0.2, 0) is 4.79 Å². The third-order valence-corrected chi connectivity index (χ3v) is 3.89. The summed E-state index contributed by atoms with van der Waals surface area (Å²) in [5.74, 6) is 1.12. The molecule has 2 unspecified atom stereocenters. The first-order valence-corrected chi connectivity index (χ1v) is 7.27. The molecule has 2 fully saturated rings. The van der Waals surface area contributed by atoms with Gasteiger partial charge in [0.25, 0.3) is 0 Å². The van der Waals surface area contributed by atoms with E-state index in [-0.39, 0.29) is 5.91 Å². The highest BCUT2D eigenvalue weighted by Crippen LogP contribution is 2.23. The second-order valence-electron chi connectivity index (χ2n) is 5.87. The lowest BCUT2D eigenvalue weighted by molar-refractivity contribution is -0.121. The van der Waals surface area contributed by atoms with Gasteiger partial charge in [-0.15, -0.1) is 0 Å². The van der Waals surface area contributed by atoms with Gasteiger partial charge in [-0.3, -0.25) is 4.79 Å². The average Bonchev–Trinajstić information content (AvgIpc) is 3.08. The molecule has 2 N–H and O–H groups in total. The molecule has 0 aromatic rings. The highest BCUT2D eigenvalue weighted by atomic mass is 16.1. The van der Waals surface area contributed by atoms with Crippen LogP contribution in [0.5, 0.6) is 0 Å². The van der Waals surface area contributed by atoms with Crippen molar-refractivity contribution in [2.45, 2.75) is 70.4 Å². The Hall–Kier alpha value is -0.570. The molecule has 2 aliphatic carbocycles. The fourth-order valence-electron chi connectivity index (χ4n) is 2.70. The zero-order valence-electron chi connectivity index (χ0n) is 11.0. The number of carbonyl (C=O) groups excluding carboxylic acids is 1. The largest absolute Gasteiger partial charge is 0.353 e. The minimum Gasteiger partial charge on any atom is -0.353 e. The van der Waals surface area contributed by atoms with Gasteiger partial charge in [0.2, 0.25) is 5.91 Å². The third-order valence-electron chi connectivity index (χ3n) is 3.89. The van der Waals surface area contributed by atoms with Crippen molar-refractivity contribution in [3.8, 4) is 0 Å². The number of hydrogen-bond donors (Lipinski definition) is 2. The summed E-state index contributed by atoms with van der Waals surface area (Å²) in [6, 6.07) is 1.21. The predicted octanol–water partition coefficient (Wildman–Crippen LogP) is 2.21. The van der Waals surface area contributed by atoms with E-state index in [9.17, 15) is 4.79 Å². The van der Waals surface area contributed by atoms with E-state index in [4.69, 9.17) is 0 Å². The van der Waals surface area contributed by atoms with Gasteiger partial charge in [0.15, 0.2) is 0 Å². The summed E-state index contributed by atoms with van der Waals surface area (Å²) >= 11 is 0. The topological polar surface area (TPSA) is 41.1 Å². The van der Waals surface area contributed by atoms with E-state index in [1.54, 1.807) is 0 Å². The molecule has 0 saturated heterocycles. The molecule has 17 heavy (non-hydrogen) atoms. The van der Waals surface area contributed by atoms with Crippen LogP contribution in [0.2, 0.25) is 0 Å². The summed E-state index contributed by atoms with van der Waals surface area (Å²) in [6.45, 7) is 3.34. The molecule has 0 bridgehead atoms. The Morgan fingerprint density at radius 2 is 2.00 bits per heavy atom. The van der Waals surface area contributed by atoms with Crippen molar-refractivity contribution in [2.75, 3.05) is 6.54 Å². The number of carbonyl (C=O) groups is 1. The molecule has 2 rings (SSSR count). The minimum atomic E-state index is 0.242. The number of amides is 1. The van der Waals surface area contributed by atoms with Crippen LogP contribution in [0, 0.1) is 5.92 Å². The quantitative estimate of drug-likeness (QED) is 0.697. The zero-order chi connectivity index (χ0) is 12.1. The molecule has 0 aromatic heterocycles. The monoisotopic (exact) mass is 238 g/mol. The summed E-state index contributed by atoms with van der Waals surface area (Å²) in [7, 11) is 0. The summed E-state index contributed by atoms with van der Waals surface area (Å²) in [5, 5.41) is 6.63. The van der Waals surface area contributed by atoms with Gasteiger partial charge in [-0.1, -0.05) is 19.8 Å². The van der Waals surface area contributed by atoms with Crippen LogP contribution in [0.15, 0.2) is 0 Å². The molecule has 2 aliphatic rings. The maximum Gasteiger partial charge on any atom is 0.220 e. The van der Waals surface area contributed by atoms with Crippen molar-refractivity contribution in [3.05, 3.63) is 0 Å². The Bertz CT molecular complexity index is 251. The normalized spacial score (nSPS) is 29.0. The van der Waals surface area contributed by atoms with Crippen LogP contribution in [-0.4, -0.2) is 24.5 Å². The lowest BCUT2D eigenvalue weighted by Crippen LogP contribution is -2.34. The van der Waals surface area contributed by atoms with Crippen LogP contribution in [0.4, 0.5) is 0 Å². The second kappa shape index (κ2) is 6.39. The first-order chi connectivity index (χ1) is 8.24. The van der Waals surface area contributed by atoms with Gasteiger partial charge in [-0.05, 0) is 44.6 Å². The summed E-state index contributed by atoms with van der Waals surface area (Å²) < 4.78 is 0. The molecule has 0 heterocycles. The number of rotatable bonds is 6. The SMILES string of the molecule is CC1CCCC(NCCCC(=O)NC2CC2)C1. The molecule has 0 aromatic carbocycles. The van der Waals surface area contributed by atoms with Gasteiger partial charge in [-0.2, -0.15) is 0 Å². The Labute approximate surface area is 105 Å². The van der Waals surface area contributed by atoms with Crippen molar-refractivity contribution in [2.24, 2.45) is 5.92 Å². The maximum atomic E-state index is 11.5. The standard InChI is InChI=1S/C14H26N2O/c1-11-4-2-5-13(10-11)15-9-3-6-14(17)16-12-7-8-12/h11-13,15H,2-10H2,1H3,(H,16,17). The van der Waals surface area contributed by atoms with Gasteiger partial charge >= 0.3 is 0 Å². The van der Waals surface area contributed by atoms with Crippen molar-refractivity contribution < 1.29 is 4.79 Å². The Morgan fingerprint density at radius 1 is 1.18 bits per heavy atom. The van der Waals surface area contributed by atoms with E-state index in [0.29, 0.717) is 18.5 Å². The molecule has 0 spiro atoms. The third kappa shape index (κ3) is 5.07. The zero-order valence-corrected chi connectivity index (χ0v) is 11.0. The van der Waals surface area contributed by atoms with Gasteiger partial charge in [0.05, 0.1) is 0 Å². The second-order valence-corrected chi connectivity index (χ2v) is 5.87. The van der Waals surface area contributed by atoms with Gasteiger partial charge in [0.1, 0.15) is 0 Å². The van der Waals surface area contributed by atoms with Gasteiger partial charge < -0.3 is 10.6 Å². The van der Waals surface area contributed by atoms with Gasteiger partial charge in [-0.25, -0.2) is 0 Å². The highest BCUT2D eigenvalue weighted by molar-refractivity contribution is 5.76. The van der Waals surface area contributed by atoms with Crippen LogP contribution in [0.25, 0.3) is 0 Å². The average molecular weight is 238 g/mol. The molecule has 0 aliphatic heterocycles. The lowest BCUT2D eigenvalue weighted by Gasteiger charge is -2.27. The van der Waals surface area contributed by atoms with Crippen LogP contribution >= 0.6 is 0 Å². The van der Waals surface area contributed by atoms with E-state index in [1.807, 2.05) is 0 Å². The van der Waals surface area contributed by atoms with Crippen molar-refractivity contribution >= 4 is 5.91 Å². The molecular formula is C14H26N2O. The number of hydrogen-bond acceptors (Lipinski definition) is 2. The predicted molar refractivity (Wildman–Crippen MR) is 69.8 cm³/mol. The van der Waals surface area contributed by atoms with E-state index in [1.165, 1.54) is 38.5 Å². The highest BCUT2D eigenvalue weighted by Gasteiger charge is 2.23. The molecule has 0 radical (unpaired) electrons. The number of nitrogens with one attached hydrogen (secondary N) is 2. The molecule has 98 valence electrons. The van der Waals surface area contributed by atoms with E-state index < -0.39 is 0 Å². The fourth-order valence-corrected chi connectivity index (χ4v) is 2.70. The first kappa shape index (κ1) is 12.9. The molecule has 1 amide bonds. The van der Waals surface area contributed by atoms with Gasteiger partial charge in [0, 0.05) is 18.5 Å². The van der Waals surface area contributed by atoms with Crippen LogP contribution in [0.3, 0.4) is 0 Å². The van der Waals surface area contributed by atoms with Crippen molar-refractivity contribution in [1.82, 2.24) is 10.6 Å². The Balaban J connectivity index is 1.48. The smallest absolute Gasteiger partial charge is 0.220 e. The Morgan fingerprint density at radius 3 is 2.71 bits per heavy atom. The first-order valence-electron chi connectivity index (χ1n) is 7.27. The van der Waals surface area contributed by atoms with Crippen molar-refractivity contribution in [1.29, 1.82) is 0 Å². The molecule has 3 heteroatoms. The minimum absolute atomic E-state index is 0.242. The summed E-state index contributed by atoms with van der Waals surface area (Å²) in [6.07, 6.45) is 9.42. The summed E-state index contributed by atoms with van der Waals surface area (Å²) in [4.78, 5) is 11.5. The van der Waals surface area contributed by atoms with E-state index >= 15 is 0 Å². The molecule has 2 atom stereocenters. The maximum absolute atomic E-state index is 11.5. The molecule has 2 saturated carbocycles. The van der Waals surface area contributed by atoms with E-state index in [2.05, 4.69) is 17.6 Å². The van der Waals surface area contributed by atoms with Crippen LogP contribution in [0.1, 0.15) is 58.3 Å². The van der Waals surface area contributed by atoms with E-state index in [0.717, 1.165) is 18.9 Å². The van der Waals surface area contributed by atoms with Crippen LogP contribution < -0.4 is 10.6 Å². The fraction of sp³-hybridized carbons (Fsp3) is 0.929. The Kier molecular flexibility index (Phi) is 4.84. The lowest BCUT2D eigenvalue weighted by atomic mass is 9.87.